The summed E-state index contributed by atoms with van der Waals surface area (Å²) in [5, 5.41) is 10.7. The molecule has 3 amide bonds. The van der Waals surface area contributed by atoms with Crippen LogP contribution in [0.1, 0.15) is 62.8 Å². The number of esters is 1. The molecule has 50 heavy (non-hydrogen) atoms. The quantitative estimate of drug-likeness (QED) is 0.348. The normalized spacial score (nSPS) is 31.4. The first-order valence-corrected chi connectivity index (χ1v) is 17.7. The number of likely N-dealkylation sites (tertiary alicyclic amines) is 1. The number of carbonyl (C=O) groups excluding carboxylic acids is 4. The Morgan fingerprint density at radius 1 is 0.960 bits per heavy atom. The number of aliphatic hydroxyl groups is 1. The number of hydrogen-bond donors (Lipinski definition) is 1. The number of anilines is 1. The van der Waals surface area contributed by atoms with Crippen molar-refractivity contribution in [2.75, 3.05) is 25.1 Å². The lowest BCUT2D eigenvalue weighted by Crippen LogP contribution is -2.59. The Morgan fingerprint density at radius 2 is 1.66 bits per heavy atom. The number of nitrogens with zero attached hydrogens (tertiary/aromatic N) is 3. The van der Waals surface area contributed by atoms with Crippen molar-refractivity contribution in [1.82, 2.24) is 9.80 Å². The fraction of sp³-hybridized carbons (Fsp3) is 0.500. The van der Waals surface area contributed by atoms with Gasteiger partial charge in [0, 0.05) is 25.7 Å². The first kappa shape index (κ1) is 35.5. The fourth-order valence-electron chi connectivity index (χ4n) is 8.44. The van der Waals surface area contributed by atoms with Gasteiger partial charge in [-0.25, -0.2) is 0 Å². The number of rotatable bonds is 6. The zero-order chi connectivity index (χ0) is 35.9. The highest BCUT2D eigenvalue weighted by Gasteiger charge is 2.74. The molecule has 0 aromatic heterocycles. The molecule has 8 atom stereocenters. The van der Waals surface area contributed by atoms with E-state index >= 15 is 4.79 Å². The minimum absolute atomic E-state index is 0.109. The van der Waals surface area contributed by atoms with Gasteiger partial charge in [0.05, 0.1) is 30.7 Å². The van der Waals surface area contributed by atoms with E-state index in [2.05, 4.69) is 0 Å². The zero-order valence-electron chi connectivity index (χ0n) is 29.8. The molecule has 1 spiro atoms. The highest BCUT2D eigenvalue weighted by molar-refractivity contribution is 6.06. The van der Waals surface area contributed by atoms with Crippen LogP contribution in [0.2, 0.25) is 0 Å². The molecular formula is C40H49N3O7. The first-order chi connectivity index (χ1) is 23.9. The number of amides is 3. The minimum Gasteiger partial charge on any atom is -0.455 e. The lowest BCUT2D eigenvalue weighted by molar-refractivity contribution is -0.164. The average molecular weight is 684 g/mol. The molecule has 266 valence electrons. The standard InChI is InChI=1S/C40H49N3O7/c1-24(2)22-29(23-44)43-36-38(47)42(34-25(3)14-13-15-26(34)4)21-12-8-11-18-31(45)41(6)27(5)35(28-16-9-7-10-17-28)49-39(48)32-30-19-20-40(36,50-30)33(32)37(43)46/h7-10,12-17,19-20,24,27,29-30,32-33,35-36,44H,11,18,21-23H2,1-6H3/b12-8-/t27-,29+,30+,32-,33-,35+,36+,40-/m0/s1. The van der Waals surface area contributed by atoms with Gasteiger partial charge in [-0.3, -0.25) is 19.2 Å². The van der Waals surface area contributed by atoms with Crippen molar-refractivity contribution in [3.8, 4) is 0 Å². The van der Waals surface area contributed by atoms with E-state index < -0.39 is 59.6 Å². The Labute approximate surface area is 294 Å². The van der Waals surface area contributed by atoms with Crippen molar-refractivity contribution in [2.45, 2.75) is 89.8 Å². The van der Waals surface area contributed by atoms with Crippen molar-refractivity contribution in [1.29, 1.82) is 0 Å². The molecule has 2 aromatic rings. The summed E-state index contributed by atoms with van der Waals surface area (Å²) in [5.74, 6) is -3.48. The smallest absolute Gasteiger partial charge is 0.313 e. The van der Waals surface area contributed by atoms with Crippen molar-refractivity contribution in [3.05, 3.63) is 89.5 Å². The molecule has 0 radical (unpaired) electrons. The van der Waals surface area contributed by atoms with E-state index in [9.17, 15) is 19.5 Å². The van der Waals surface area contributed by atoms with Gasteiger partial charge in [-0.05, 0) is 56.2 Å². The molecule has 4 aliphatic rings. The van der Waals surface area contributed by atoms with Crippen LogP contribution >= 0.6 is 0 Å². The summed E-state index contributed by atoms with van der Waals surface area (Å²) >= 11 is 0. The summed E-state index contributed by atoms with van der Waals surface area (Å²) in [6.45, 7) is 9.58. The molecule has 2 aromatic carbocycles. The number of benzene rings is 2. The van der Waals surface area contributed by atoms with E-state index in [1.807, 2.05) is 95.3 Å². The third-order valence-corrected chi connectivity index (χ3v) is 10.9. The second kappa shape index (κ2) is 14.2. The van der Waals surface area contributed by atoms with Gasteiger partial charge in [0.1, 0.15) is 23.7 Å². The van der Waals surface area contributed by atoms with Crippen LogP contribution in [0.4, 0.5) is 5.69 Å². The van der Waals surface area contributed by atoms with Crippen LogP contribution in [0.5, 0.6) is 0 Å². The van der Waals surface area contributed by atoms with Crippen LogP contribution in [-0.4, -0.2) is 88.6 Å². The third-order valence-electron chi connectivity index (χ3n) is 10.9. The van der Waals surface area contributed by atoms with Gasteiger partial charge in [-0.2, -0.15) is 0 Å². The molecule has 6 rings (SSSR count). The monoisotopic (exact) mass is 683 g/mol. The summed E-state index contributed by atoms with van der Waals surface area (Å²) in [6.07, 6.45) is 6.86. The fourth-order valence-corrected chi connectivity index (χ4v) is 8.44. The summed E-state index contributed by atoms with van der Waals surface area (Å²) in [4.78, 5) is 62.8. The summed E-state index contributed by atoms with van der Waals surface area (Å²) in [5.41, 5.74) is 1.76. The van der Waals surface area contributed by atoms with Crippen molar-refractivity contribution >= 4 is 29.4 Å². The topological polar surface area (TPSA) is 117 Å². The van der Waals surface area contributed by atoms with Gasteiger partial charge in [0.2, 0.25) is 11.8 Å². The van der Waals surface area contributed by atoms with E-state index in [0.717, 1.165) is 16.8 Å². The molecule has 10 nitrogen and oxygen atoms in total. The minimum atomic E-state index is -1.44. The van der Waals surface area contributed by atoms with Crippen LogP contribution in [0, 0.1) is 31.6 Å². The van der Waals surface area contributed by atoms with Gasteiger partial charge in [-0.15, -0.1) is 0 Å². The maximum atomic E-state index is 15.3. The molecule has 0 unspecified atom stereocenters. The lowest BCUT2D eigenvalue weighted by Gasteiger charge is -2.39. The Morgan fingerprint density at radius 3 is 2.32 bits per heavy atom. The Hall–Kier alpha value is -4.28. The number of allylic oxidation sites excluding steroid dienone is 1. The molecule has 0 saturated carbocycles. The van der Waals surface area contributed by atoms with Gasteiger partial charge in [0.25, 0.3) is 5.91 Å². The van der Waals surface area contributed by atoms with Gasteiger partial charge in [-0.1, -0.05) is 86.7 Å². The SMILES string of the molecule is Cc1cccc(C)c1N1C/C=C\CCC(=O)N(C)[C@@H](C)[C@H](c2ccccc2)OC(=O)[C@@H]2[C@H]3C(=O)N([C@@H](CO)CC(C)C)[C@H](C1=O)[C@]31C=C[C@H]2O1. The summed E-state index contributed by atoms with van der Waals surface area (Å²) < 4.78 is 13.0. The molecule has 1 N–H and O–H groups in total. The number of fused-ring (bicyclic) bond motifs is 2. The predicted molar refractivity (Wildman–Crippen MR) is 189 cm³/mol. The number of aryl methyl sites for hydroxylation is 2. The van der Waals surface area contributed by atoms with Crippen LogP contribution in [0.3, 0.4) is 0 Å². The van der Waals surface area contributed by atoms with E-state index in [1.165, 1.54) is 4.90 Å². The number of para-hydroxylation sites is 1. The maximum absolute atomic E-state index is 15.3. The molecular weight excluding hydrogens is 634 g/mol. The Bertz CT molecular complexity index is 1670. The van der Waals surface area contributed by atoms with Crippen LogP contribution in [0.15, 0.2) is 72.8 Å². The molecule has 2 saturated heterocycles. The number of carbonyl (C=O) groups is 4. The predicted octanol–water partition coefficient (Wildman–Crippen LogP) is 4.68. The first-order valence-electron chi connectivity index (χ1n) is 17.7. The van der Waals surface area contributed by atoms with E-state index in [-0.39, 0.29) is 37.3 Å². The van der Waals surface area contributed by atoms with E-state index in [4.69, 9.17) is 9.47 Å². The Kier molecular flexibility index (Phi) is 10.1. The number of hydrogen-bond acceptors (Lipinski definition) is 7. The van der Waals surface area contributed by atoms with Crippen LogP contribution in [-0.2, 0) is 28.7 Å². The van der Waals surface area contributed by atoms with Gasteiger partial charge < -0.3 is 29.3 Å². The molecule has 4 aliphatic heterocycles. The third kappa shape index (κ3) is 6.06. The molecule has 2 fully saturated rings. The van der Waals surface area contributed by atoms with Crippen molar-refractivity contribution in [3.63, 3.8) is 0 Å². The summed E-state index contributed by atoms with van der Waals surface area (Å²) in [7, 11) is 1.71. The second-order valence-corrected chi connectivity index (χ2v) is 14.6. The van der Waals surface area contributed by atoms with Crippen molar-refractivity contribution < 1.29 is 33.8 Å². The summed E-state index contributed by atoms with van der Waals surface area (Å²) in [6, 6.07) is 12.8. The molecule has 5 bridgehead atoms. The number of likely N-dealkylation sites (N-methyl/N-ethyl adjacent to an activating group) is 1. The number of cyclic esters (lactones) is 1. The molecule has 10 heteroatoms. The average Bonchev–Trinajstić information content (AvgIpc) is 3.74. The molecule has 0 aliphatic carbocycles. The van der Waals surface area contributed by atoms with E-state index in [1.54, 1.807) is 29.0 Å². The Balaban J connectivity index is 1.51. The second-order valence-electron chi connectivity index (χ2n) is 14.6. The van der Waals surface area contributed by atoms with Crippen LogP contribution < -0.4 is 4.90 Å². The largest absolute Gasteiger partial charge is 0.455 e. The highest BCUT2D eigenvalue weighted by Crippen LogP contribution is 2.57. The highest BCUT2D eigenvalue weighted by atomic mass is 16.6. The number of ether oxygens (including phenoxy) is 2. The maximum Gasteiger partial charge on any atom is 0.313 e. The molecule has 4 heterocycles. The van der Waals surface area contributed by atoms with Crippen molar-refractivity contribution in [2.24, 2.45) is 17.8 Å². The van der Waals surface area contributed by atoms with Gasteiger partial charge >= 0.3 is 5.97 Å². The van der Waals surface area contributed by atoms with Crippen LogP contribution in [0.25, 0.3) is 0 Å². The lowest BCUT2D eigenvalue weighted by atomic mass is 9.74. The van der Waals surface area contributed by atoms with E-state index in [0.29, 0.717) is 18.4 Å². The van der Waals surface area contributed by atoms with Gasteiger partial charge in [0.15, 0.2) is 0 Å². The number of aliphatic hydroxyl groups excluding tert-OH is 1. The zero-order valence-corrected chi connectivity index (χ0v) is 29.8.